The molecule has 1 aliphatic heterocycles. The summed E-state index contributed by atoms with van der Waals surface area (Å²) in [6.07, 6.45) is -5.09. The first-order valence-electron chi connectivity index (χ1n) is 15.2. The fourth-order valence-corrected chi connectivity index (χ4v) is 7.92. The van der Waals surface area contributed by atoms with Crippen molar-refractivity contribution in [3.05, 3.63) is 72.4 Å². The summed E-state index contributed by atoms with van der Waals surface area (Å²) in [7, 11) is -7.34. The fourth-order valence-electron chi connectivity index (χ4n) is 5.82. The van der Waals surface area contributed by atoms with Crippen LogP contribution in [0.3, 0.4) is 0 Å². The lowest BCUT2D eigenvalue weighted by atomic mass is 9.93. The van der Waals surface area contributed by atoms with Gasteiger partial charge >= 0.3 is 6.18 Å². The molecule has 272 valence electrons. The van der Waals surface area contributed by atoms with Gasteiger partial charge in [0.1, 0.15) is 16.3 Å². The van der Waals surface area contributed by atoms with Crippen molar-refractivity contribution in [2.45, 2.75) is 73.0 Å². The van der Waals surface area contributed by atoms with E-state index in [-0.39, 0.29) is 46.2 Å². The Morgan fingerprint density at radius 1 is 1.04 bits per heavy atom. The number of carbonyl (C=O) groups is 2. The van der Waals surface area contributed by atoms with Crippen LogP contribution in [0.15, 0.2) is 76.8 Å². The van der Waals surface area contributed by atoms with Crippen LogP contribution in [0.5, 0.6) is 5.75 Å². The molecule has 1 saturated heterocycles. The second kappa shape index (κ2) is 14.7. The lowest BCUT2D eigenvalue weighted by Crippen LogP contribution is -2.57. The van der Waals surface area contributed by atoms with Crippen LogP contribution in [0, 0.1) is 0 Å². The number of hydrogen-bond acceptors (Lipinski definition) is 9. The van der Waals surface area contributed by atoms with Gasteiger partial charge in [-0.2, -0.15) is 17.5 Å². The highest BCUT2D eigenvalue weighted by Crippen LogP contribution is 2.42. The van der Waals surface area contributed by atoms with Gasteiger partial charge in [-0.25, -0.2) is 31.3 Å². The van der Waals surface area contributed by atoms with Gasteiger partial charge in [-0.15, -0.1) is 0 Å². The topological polar surface area (TPSA) is 183 Å². The monoisotopic (exact) mass is 743 g/mol. The lowest BCUT2D eigenvalue weighted by molar-refractivity contribution is -0.199. The zero-order valence-corrected chi connectivity index (χ0v) is 28.9. The molecule has 0 aliphatic carbocycles. The highest BCUT2D eigenvalue weighted by Gasteiger charge is 2.52. The van der Waals surface area contributed by atoms with Crippen LogP contribution in [0.25, 0.3) is 11.1 Å². The van der Waals surface area contributed by atoms with Gasteiger partial charge in [-0.3, -0.25) is 9.59 Å². The summed E-state index contributed by atoms with van der Waals surface area (Å²) in [5.74, 6) is -2.40. The Balaban J connectivity index is 1.79. The number of aromatic nitrogens is 1. The number of ether oxygens (including phenoxy) is 1. The minimum atomic E-state index is -5.20. The molecule has 1 unspecified atom stereocenters. The molecule has 1 aromatic heterocycles. The van der Waals surface area contributed by atoms with E-state index < -0.39 is 80.2 Å². The minimum Gasteiger partial charge on any atom is -0.495 e. The Hall–Kier alpha value is -3.97. The number of nitrogens with two attached hydrogens (primary N) is 2. The smallest absolute Gasteiger partial charge is 0.413 e. The molecule has 3 atom stereocenters. The number of Topliss-reactive ketones (excluding diaryl/α,β-unsaturated/α-hetero) is 1. The highest BCUT2D eigenvalue weighted by molar-refractivity contribution is 7.89. The highest BCUT2D eigenvalue weighted by atomic mass is 32.2. The van der Waals surface area contributed by atoms with Crippen molar-refractivity contribution in [2.24, 2.45) is 10.9 Å². The quantitative estimate of drug-likeness (QED) is 0.277. The third-order valence-electron chi connectivity index (χ3n) is 8.06. The number of nitrogens with zero attached hydrogens (tertiary/aromatic N) is 3. The number of ketones is 1. The van der Waals surface area contributed by atoms with Crippen LogP contribution in [0.1, 0.15) is 44.7 Å². The molecule has 2 heterocycles. The van der Waals surface area contributed by atoms with Crippen LogP contribution in [0.2, 0.25) is 0 Å². The number of hydrogen-bond donors (Lipinski definition) is 2. The minimum absolute atomic E-state index is 0.0496. The Labute approximate surface area is 287 Å². The molecule has 4 rings (SSSR count). The van der Waals surface area contributed by atoms with Crippen molar-refractivity contribution < 1.29 is 48.7 Å². The predicted octanol–water partition coefficient (Wildman–Crippen LogP) is 3.72. The predicted molar refractivity (Wildman–Crippen MR) is 174 cm³/mol. The number of alkyl halides is 4. The van der Waals surface area contributed by atoms with E-state index in [1.54, 1.807) is 0 Å². The van der Waals surface area contributed by atoms with Crippen molar-refractivity contribution in [3.8, 4) is 16.9 Å². The van der Waals surface area contributed by atoms with E-state index in [4.69, 9.17) is 15.6 Å². The number of rotatable bonds is 11. The summed E-state index contributed by atoms with van der Waals surface area (Å²) in [5.41, 5.74) is 3.99. The molecule has 50 heavy (non-hydrogen) atoms. The maximum atomic E-state index is 15.2. The summed E-state index contributed by atoms with van der Waals surface area (Å²) in [6, 6.07) is 6.37. The average Bonchev–Trinajstić information content (AvgIpc) is 3.23. The Bertz CT molecular complexity index is 1920. The van der Waals surface area contributed by atoms with Gasteiger partial charge in [0.25, 0.3) is 10.0 Å². The molecule has 3 aromatic rings. The van der Waals surface area contributed by atoms with Crippen LogP contribution in [0.4, 0.5) is 17.6 Å². The Kier molecular flexibility index (Phi) is 11.4. The lowest BCUT2D eigenvalue weighted by Gasteiger charge is -2.40. The number of sulfonamides is 2. The van der Waals surface area contributed by atoms with Gasteiger partial charge < -0.3 is 15.4 Å². The van der Waals surface area contributed by atoms with E-state index in [9.17, 15) is 30.8 Å². The van der Waals surface area contributed by atoms with Crippen molar-refractivity contribution in [2.75, 3.05) is 20.2 Å². The normalized spacial score (nSPS) is 17.9. The summed E-state index contributed by atoms with van der Waals surface area (Å²) in [6.45, 7) is 1.09. The zero-order chi connectivity index (χ0) is 37.2. The van der Waals surface area contributed by atoms with Gasteiger partial charge in [-0.05, 0) is 67.6 Å². The molecule has 0 bridgehead atoms. The average molecular weight is 744 g/mol. The first-order valence-corrected chi connectivity index (χ1v) is 18.2. The second-order valence-electron chi connectivity index (χ2n) is 12.4. The fraction of sp³-hybridized carbons (Fsp3) is 0.406. The third-order valence-corrected chi connectivity index (χ3v) is 10.8. The number of benzene rings is 2. The van der Waals surface area contributed by atoms with Gasteiger partial charge in [0.15, 0.2) is 16.9 Å². The molecule has 1 aliphatic rings. The van der Waals surface area contributed by atoms with E-state index >= 15 is 13.2 Å². The van der Waals surface area contributed by atoms with E-state index in [0.717, 1.165) is 30.3 Å². The zero-order valence-electron chi connectivity index (χ0n) is 27.3. The van der Waals surface area contributed by atoms with Crippen LogP contribution >= 0.6 is 0 Å². The standard InChI is InChI=1S/C32H37F4N5O7S2/c1-31(2,33)18-23(37)30(43)41(24-7-6-16-40(19-25(24)42)50(46,47)28-8-4-5-15-39-28)29(32(34,35)36)21-11-9-20(10-12-21)22-13-14-26(48-3)27(17-22)49(38,44)45/h4-5,8-15,17,23-24,29H,6-7,16,18-19,37H2,1-3H3,(H2,38,44,45)/t23-,24?,29-/m0/s1. The summed E-state index contributed by atoms with van der Waals surface area (Å²) in [5, 5.41) is 4.93. The van der Waals surface area contributed by atoms with Crippen molar-refractivity contribution in [1.29, 1.82) is 0 Å². The number of amides is 1. The maximum absolute atomic E-state index is 15.2. The number of pyridine rings is 1. The first-order chi connectivity index (χ1) is 23.1. The van der Waals surface area contributed by atoms with Crippen molar-refractivity contribution in [1.82, 2.24) is 14.2 Å². The number of carbonyl (C=O) groups excluding carboxylic acids is 2. The van der Waals surface area contributed by atoms with Gasteiger partial charge in [0.05, 0.1) is 25.7 Å². The molecular weight excluding hydrogens is 707 g/mol. The summed E-state index contributed by atoms with van der Waals surface area (Å²) >= 11 is 0. The van der Waals surface area contributed by atoms with E-state index in [1.807, 2.05) is 0 Å². The molecule has 0 spiro atoms. The van der Waals surface area contributed by atoms with Gasteiger partial charge in [0.2, 0.25) is 15.9 Å². The molecule has 1 amide bonds. The third kappa shape index (κ3) is 8.84. The first kappa shape index (κ1) is 38.8. The summed E-state index contributed by atoms with van der Waals surface area (Å²) in [4.78, 5) is 31.4. The number of primary sulfonamides is 1. The van der Waals surface area contributed by atoms with E-state index in [2.05, 4.69) is 4.98 Å². The van der Waals surface area contributed by atoms with Crippen LogP contribution < -0.4 is 15.6 Å². The number of halogens is 4. The van der Waals surface area contributed by atoms with Crippen LogP contribution in [-0.4, -0.2) is 86.8 Å². The molecule has 2 aromatic carbocycles. The maximum Gasteiger partial charge on any atom is 0.413 e. The molecule has 12 nitrogen and oxygen atoms in total. The van der Waals surface area contributed by atoms with Crippen molar-refractivity contribution >= 4 is 31.7 Å². The van der Waals surface area contributed by atoms with Gasteiger partial charge in [0, 0.05) is 19.2 Å². The molecule has 0 radical (unpaired) electrons. The molecule has 18 heteroatoms. The van der Waals surface area contributed by atoms with Crippen molar-refractivity contribution in [3.63, 3.8) is 0 Å². The molecule has 4 N–H and O–H groups in total. The summed E-state index contributed by atoms with van der Waals surface area (Å²) < 4.78 is 117. The van der Waals surface area contributed by atoms with Gasteiger partial charge in [-0.1, -0.05) is 36.4 Å². The van der Waals surface area contributed by atoms with E-state index in [1.165, 1.54) is 61.8 Å². The molecular formula is C32H37F4N5O7S2. The second-order valence-corrected chi connectivity index (χ2v) is 15.8. The Morgan fingerprint density at radius 2 is 1.68 bits per heavy atom. The molecule has 1 fully saturated rings. The SMILES string of the molecule is COc1ccc(-c2ccc([C@H](N(C(=O)[C@@H](N)CC(C)(C)F)C3CCCN(S(=O)(=O)c4ccccn4)CC3=O)C(F)(F)F)cc2)cc1S(N)(=O)=O. The Morgan fingerprint density at radius 3 is 2.22 bits per heavy atom. The molecule has 0 saturated carbocycles. The van der Waals surface area contributed by atoms with Crippen LogP contribution in [-0.2, 0) is 29.6 Å². The largest absolute Gasteiger partial charge is 0.495 e. The van der Waals surface area contributed by atoms with E-state index in [0.29, 0.717) is 4.90 Å². The number of methoxy groups -OCH3 is 1.